The van der Waals surface area contributed by atoms with Crippen LogP contribution in [0.25, 0.3) is 0 Å². The van der Waals surface area contributed by atoms with E-state index >= 15 is 0 Å². The standard InChI is InChI=1S/C9H12ClNO2/c10-7-3-1-6(2-4-7)9(13)8(11)5-12/h1-4,8-9,12-13H,5,11H2/t8-,9+/m1/s1. The van der Waals surface area contributed by atoms with E-state index in [4.69, 9.17) is 22.4 Å². The third kappa shape index (κ3) is 2.67. The van der Waals surface area contributed by atoms with E-state index in [0.29, 0.717) is 10.6 Å². The highest BCUT2D eigenvalue weighted by Crippen LogP contribution is 2.17. The first-order chi connectivity index (χ1) is 6.15. The molecule has 0 radical (unpaired) electrons. The second-order valence-electron chi connectivity index (χ2n) is 2.84. The lowest BCUT2D eigenvalue weighted by Gasteiger charge is -2.16. The van der Waals surface area contributed by atoms with Crippen LogP contribution in [0.3, 0.4) is 0 Å². The average Bonchev–Trinajstić information content (AvgIpc) is 2.17. The Morgan fingerprint density at radius 3 is 2.31 bits per heavy atom. The van der Waals surface area contributed by atoms with Crippen LogP contribution >= 0.6 is 11.6 Å². The van der Waals surface area contributed by atoms with Crippen molar-refractivity contribution < 1.29 is 10.2 Å². The van der Waals surface area contributed by atoms with Crippen LogP contribution in [0.2, 0.25) is 5.02 Å². The van der Waals surface area contributed by atoms with Crippen LogP contribution in [0.5, 0.6) is 0 Å². The van der Waals surface area contributed by atoms with E-state index in [1.165, 1.54) is 0 Å². The van der Waals surface area contributed by atoms with E-state index in [2.05, 4.69) is 0 Å². The van der Waals surface area contributed by atoms with Crippen molar-refractivity contribution in [1.82, 2.24) is 0 Å². The van der Waals surface area contributed by atoms with Gasteiger partial charge in [-0.1, -0.05) is 23.7 Å². The minimum Gasteiger partial charge on any atom is -0.395 e. The van der Waals surface area contributed by atoms with Crippen molar-refractivity contribution in [2.24, 2.45) is 5.73 Å². The van der Waals surface area contributed by atoms with E-state index in [0.717, 1.165) is 0 Å². The van der Waals surface area contributed by atoms with Gasteiger partial charge in [0.15, 0.2) is 0 Å². The zero-order chi connectivity index (χ0) is 9.84. The van der Waals surface area contributed by atoms with Crippen LogP contribution in [0.4, 0.5) is 0 Å². The molecule has 1 rings (SSSR count). The highest BCUT2D eigenvalue weighted by molar-refractivity contribution is 6.30. The van der Waals surface area contributed by atoms with E-state index in [-0.39, 0.29) is 6.61 Å². The predicted octanol–water partition coefficient (Wildman–Crippen LogP) is 0.693. The van der Waals surface area contributed by atoms with Crippen molar-refractivity contribution in [3.05, 3.63) is 34.9 Å². The number of rotatable bonds is 3. The highest BCUT2D eigenvalue weighted by atomic mass is 35.5. The normalized spacial score (nSPS) is 15.4. The van der Waals surface area contributed by atoms with Gasteiger partial charge in [-0.05, 0) is 17.7 Å². The van der Waals surface area contributed by atoms with Crippen molar-refractivity contribution in [1.29, 1.82) is 0 Å². The van der Waals surface area contributed by atoms with Crippen molar-refractivity contribution in [3.8, 4) is 0 Å². The van der Waals surface area contributed by atoms with E-state index in [1.807, 2.05) is 0 Å². The molecule has 0 aliphatic carbocycles. The number of benzene rings is 1. The van der Waals surface area contributed by atoms with Gasteiger partial charge >= 0.3 is 0 Å². The summed E-state index contributed by atoms with van der Waals surface area (Å²) in [6.45, 7) is -0.246. The number of nitrogens with two attached hydrogens (primary N) is 1. The van der Waals surface area contributed by atoms with Crippen LogP contribution in [-0.4, -0.2) is 22.9 Å². The lowest BCUT2D eigenvalue weighted by molar-refractivity contribution is 0.109. The van der Waals surface area contributed by atoms with Crippen LogP contribution in [0.1, 0.15) is 11.7 Å². The summed E-state index contributed by atoms with van der Waals surface area (Å²) >= 11 is 5.67. The molecule has 0 saturated heterocycles. The topological polar surface area (TPSA) is 66.5 Å². The third-order valence-corrected chi connectivity index (χ3v) is 2.08. The summed E-state index contributed by atoms with van der Waals surface area (Å²) in [4.78, 5) is 0. The van der Waals surface area contributed by atoms with Crippen molar-refractivity contribution in [2.75, 3.05) is 6.61 Å². The van der Waals surface area contributed by atoms with Gasteiger partial charge in [0.1, 0.15) is 0 Å². The Hall–Kier alpha value is -0.610. The maximum atomic E-state index is 9.55. The highest BCUT2D eigenvalue weighted by Gasteiger charge is 2.15. The molecule has 4 N–H and O–H groups in total. The van der Waals surface area contributed by atoms with Gasteiger partial charge in [0.2, 0.25) is 0 Å². The van der Waals surface area contributed by atoms with Crippen LogP contribution < -0.4 is 5.73 Å². The quantitative estimate of drug-likeness (QED) is 0.674. The monoisotopic (exact) mass is 201 g/mol. The zero-order valence-corrected chi connectivity index (χ0v) is 7.78. The molecule has 0 heterocycles. The largest absolute Gasteiger partial charge is 0.395 e. The third-order valence-electron chi connectivity index (χ3n) is 1.83. The Morgan fingerprint density at radius 2 is 1.85 bits per heavy atom. The average molecular weight is 202 g/mol. The maximum absolute atomic E-state index is 9.55. The van der Waals surface area contributed by atoms with Gasteiger partial charge in [0.25, 0.3) is 0 Å². The molecule has 4 heteroatoms. The summed E-state index contributed by atoms with van der Waals surface area (Å²) in [5, 5.41) is 18.9. The summed E-state index contributed by atoms with van der Waals surface area (Å²) < 4.78 is 0. The molecule has 0 unspecified atom stereocenters. The molecular formula is C9H12ClNO2. The first kappa shape index (κ1) is 10.5. The van der Waals surface area contributed by atoms with Crippen LogP contribution in [0.15, 0.2) is 24.3 Å². The van der Waals surface area contributed by atoms with Gasteiger partial charge in [-0.15, -0.1) is 0 Å². The molecule has 2 atom stereocenters. The fourth-order valence-electron chi connectivity index (χ4n) is 1.01. The Bertz CT molecular complexity index is 263. The molecule has 13 heavy (non-hydrogen) atoms. The van der Waals surface area contributed by atoms with Gasteiger partial charge in [0.05, 0.1) is 18.8 Å². The van der Waals surface area contributed by atoms with Crippen LogP contribution in [0, 0.1) is 0 Å². The number of aliphatic hydroxyl groups is 2. The van der Waals surface area contributed by atoms with Gasteiger partial charge in [-0.25, -0.2) is 0 Å². The first-order valence-electron chi connectivity index (χ1n) is 3.95. The molecule has 0 saturated carbocycles. The maximum Gasteiger partial charge on any atom is 0.0963 e. The molecule has 1 aromatic carbocycles. The van der Waals surface area contributed by atoms with E-state index in [1.54, 1.807) is 24.3 Å². The zero-order valence-electron chi connectivity index (χ0n) is 7.02. The van der Waals surface area contributed by atoms with Crippen molar-refractivity contribution >= 4 is 11.6 Å². The lowest BCUT2D eigenvalue weighted by Crippen LogP contribution is -2.31. The fourth-order valence-corrected chi connectivity index (χ4v) is 1.13. The second kappa shape index (κ2) is 4.58. The SMILES string of the molecule is N[C@H](CO)[C@@H](O)c1ccc(Cl)cc1. The first-order valence-corrected chi connectivity index (χ1v) is 4.33. The molecule has 0 amide bonds. The summed E-state index contributed by atoms with van der Waals surface area (Å²) in [5.41, 5.74) is 6.11. The molecule has 1 aromatic rings. The summed E-state index contributed by atoms with van der Waals surface area (Å²) in [7, 11) is 0. The molecule has 0 bridgehead atoms. The Labute approximate surface area is 81.8 Å². The van der Waals surface area contributed by atoms with Crippen molar-refractivity contribution in [2.45, 2.75) is 12.1 Å². The van der Waals surface area contributed by atoms with Crippen LogP contribution in [-0.2, 0) is 0 Å². The Morgan fingerprint density at radius 1 is 1.31 bits per heavy atom. The minimum absolute atomic E-state index is 0.246. The molecule has 0 aliphatic rings. The minimum atomic E-state index is -0.845. The lowest BCUT2D eigenvalue weighted by atomic mass is 10.0. The van der Waals surface area contributed by atoms with Gasteiger partial charge < -0.3 is 15.9 Å². The number of hydrogen-bond donors (Lipinski definition) is 3. The molecule has 0 fully saturated rings. The summed E-state index contributed by atoms with van der Waals surface area (Å²) in [6.07, 6.45) is -0.845. The molecule has 0 aliphatic heterocycles. The molecule has 0 aromatic heterocycles. The fraction of sp³-hybridized carbons (Fsp3) is 0.333. The number of aliphatic hydroxyl groups excluding tert-OH is 2. The Balaban J connectivity index is 2.77. The Kier molecular flexibility index (Phi) is 3.69. The smallest absolute Gasteiger partial charge is 0.0963 e. The number of hydrogen-bond acceptors (Lipinski definition) is 3. The molecule has 72 valence electrons. The van der Waals surface area contributed by atoms with Gasteiger partial charge in [-0.2, -0.15) is 0 Å². The second-order valence-corrected chi connectivity index (χ2v) is 3.28. The predicted molar refractivity (Wildman–Crippen MR) is 51.5 cm³/mol. The van der Waals surface area contributed by atoms with E-state index < -0.39 is 12.1 Å². The van der Waals surface area contributed by atoms with E-state index in [9.17, 15) is 5.11 Å². The number of halogens is 1. The van der Waals surface area contributed by atoms with Gasteiger partial charge in [0, 0.05) is 5.02 Å². The molecule has 0 spiro atoms. The molecular weight excluding hydrogens is 190 g/mol. The summed E-state index contributed by atoms with van der Waals surface area (Å²) in [6, 6.07) is 6.06. The van der Waals surface area contributed by atoms with Crippen molar-refractivity contribution in [3.63, 3.8) is 0 Å². The van der Waals surface area contributed by atoms with Gasteiger partial charge in [-0.3, -0.25) is 0 Å². The summed E-state index contributed by atoms with van der Waals surface area (Å²) in [5.74, 6) is 0. The molecule has 3 nitrogen and oxygen atoms in total.